The number of anilines is 1. The summed E-state index contributed by atoms with van der Waals surface area (Å²) in [5, 5.41) is 0. The van der Waals surface area contributed by atoms with Gasteiger partial charge in [-0.3, -0.25) is 4.79 Å². The molecule has 2 aliphatic rings. The van der Waals surface area contributed by atoms with Crippen molar-refractivity contribution < 1.29 is 4.79 Å². The second-order valence-corrected chi connectivity index (χ2v) is 6.13. The molecule has 2 aliphatic carbocycles. The lowest BCUT2D eigenvalue weighted by molar-refractivity contribution is -0.126. The SMILES string of the molecule is Nc1cccc(/C=C/C(=O)N(CC2CC2)CC2CC2)c1. The molecule has 2 fully saturated rings. The van der Waals surface area contributed by atoms with E-state index in [4.69, 9.17) is 5.73 Å². The van der Waals surface area contributed by atoms with Crippen LogP contribution >= 0.6 is 0 Å². The molecule has 3 nitrogen and oxygen atoms in total. The average Bonchev–Trinajstić information content (AvgIpc) is 3.30. The Bertz CT molecular complexity index is 501. The van der Waals surface area contributed by atoms with Crippen molar-refractivity contribution in [1.82, 2.24) is 4.90 Å². The predicted molar refractivity (Wildman–Crippen MR) is 81.9 cm³/mol. The van der Waals surface area contributed by atoms with Crippen LogP contribution in [-0.4, -0.2) is 23.9 Å². The number of benzene rings is 1. The highest BCUT2D eigenvalue weighted by Crippen LogP contribution is 2.33. The highest BCUT2D eigenvalue weighted by atomic mass is 16.2. The molecule has 2 saturated carbocycles. The maximum atomic E-state index is 12.3. The number of nitrogens with two attached hydrogens (primary N) is 1. The zero-order valence-corrected chi connectivity index (χ0v) is 11.8. The number of rotatable bonds is 6. The smallest absolute Gasteiger partial charge is 0.246 e. The number of nitrogens with zero attached hydrogens (tertiary/aromatic N) is 1. The third-order valence-corrected chi connectivity index (χ3v) is 3.99. The molecule has 0 bridgehead atoms. The lowest BCUT2D eigenvalue weighted by atomic mass is 10.2. The second kappa shape index (κ2) is 5.70. The standard InChI is InChI=1S/C17H22N2O/c18-16-3-1-2-13(10-16)8-9-17(20)19(11-14-4-5-14)12-15-6-7-15/h1-3,8-10,14-15H,4-7,11-12,18H2/b9-8+. The summed E-state index contributed by atoms with van der Waals surface area (Å²) < 4.78 is 0. The van der Waals surface area contributed by atoms with Crippen molar-refractivity contribution >= 4 is 17.7 Å². The third kappa shape index (κ3) is 3.86. The van der Waals surface area contributed by atoms with Crippen LogP contribution in [0, 0.1) is 11.8 Å². The van der Waals surface area contributed by atoms with Crippen LogP contribution in [0.1, 0.15) is 31.2 Å². The highest BCUT2D eigenvalue weighted by molar-refractivity contribution is 5.92. The first-order valence-electron chi connectivity index (χ1n) is 7.53. The van der Waals surface area contributed by atoms with E-state index >= 15 is 0 Å². The lowest BCUT2D eigenvalue weighted by Gasteiger charge is -2.20. The molecule has 1 aromatic carbocycles. The van der Waals surface area contributed by atoms with Gasteiger partial charge >= 0.3 is 0 Å². The summed E-state index contributed by atoms with van der Waals surface area (Å²) >= 11 is 0. The average molecular weight is 270 g/mol. The number of carbonyl (C=O) groups is 1. The second-order valence-electron chi connectivity index (χ2n) is 6.13. The summed E-state index contributed by atoms with van der Waals surface area (Å²) in [6.45, 7) is 1.88. The molecule has 2 N–H and O–H groups in total. The van der Waals surface area contributed by atoms with Gasteiger partial charge in [-0.2, -0.15) is 0 Å². The van der Waals surface area contributed by atoms with Gasteiger partial charge in [0.25, 0.3) is 0 Å². The van der Waals surface area contributed by atoms with Crippen LogP contribution < -0.4 is 5.73 Å². The van der Waals surface area contributed by atoms with Gasteiger partial charge in [-0.25, -0.2) is 0 Å². The maximum absolute atomic E-state index is 12.3. The molecule has 0 spiro atoms. The van der Waals surface area contributed by atoms with Crippen molar-refractivity contribution in [2.45, 2.75) is 25.7 Å². The van der Waals surface area contributed by atoms with Gasteiger partial charge in [0.15, 0.2) is 0 Å². The first-order valence-corrected chi connectivity index (χ1v) is 7.53. The van der Waals surface area contributed by atoms with Gasteiger partial charge in [0.2, 0.25) is 5.91 Å². The Labute approximate surface area is 120 Å². The molecule has 0 aliphatic heterocycles. The number of carbonyl (C=O) groups excluding carboxylic acids is 1. The Morgan fingerprint density at radius 1 is 1.20 bits per heavy atom. The van der Waals surface area contributed by atoms with Crippen LogP contribution in [0.15, 0.2) is 30.3 Å². The first-order chi connectivity index (χ1) is 9.70. The Kier molecular flexibility index (Phi) is 3.77. The van der Waals surface area contributed by atoms with E-state index in [2.05, 4.69) is 0 Å². The monoisotopic (exact) mass is 270 g/mol. The van der Waals surface area contributed by atoms with Gasteiger partial charge in [0.1, 0.15) is 0 Å². The van der Waals surface area contributed by atoms with E-state index in [0.717, 1.165) is 36.2 Å². The van der Waals surface area contributed by atoms with E-state index in [9.17, 15) is 4.79 Å². The van der Waals surface area contributed by atoms with Gasteiger partial charge in [-0.05, 0) is 61.3 Å². The first kappa shape index (κ1) is 13.2. The van der Waals surface area contributed by atoms with Gasteiger partial charge in [0.05, 0.1) is 0 Å². The molecule has 3 heteroatoms. The highest BCUT2D eigenvalue weighted by Gasteiger charge is 2.30. The quantitative estimate of drug-likeness (QED) is 0.638. The molecule has 1 aromatic rings. The zero-order valence-electron chi connectivity index (χ0n) is 11.8. The summed E-state index contributed by atoms with van der Waals surface area (Å²) in [7, 11) is 0. The minimum atomic E-state index is 0.145. The van der Waals surface area contributed by atoms with Crippen molar-refractivity contribution in [2.24, 2.45) is 11.8 Å². The molecule has 1 amide bonds. The molecule has 0 atom stereocenters. The van der Waals surface area contributed by atoms with E-state index in [-0.39, 0.29) is 5.91 Å². The largest absolute Gasteiger partial charge is 0.399 e. The van der Waals surface area contributed by atoms with Crippen molar-refractivity contribution in [3.8, 4) is 0 Å². The Morgan fingerprint density at radius 2 is 1.85 bits per heavy atom. The van der Waals surface area contributed by atoms with Crippen LogP contribution in [0.5, 0.6) is 0 Å². The molecular weight excluding hydrogens is 248 g/mol. The molecule has 20 heavy (non-hydrogen) atoms. The summed E-state index contributed by atoms with van der Waals surface area (Å²) in [5.41, 5.74) is 7.46. The van der Waals surface area contributed by atoms with E-state index < -0.39 is 0 Å². The molecule has 0 saturated heterocycles. The van der Waals surface area contributed by atoms with Crippen LogP contribution in [0.25, 0.3) is 6.08 Å². The molecule has 106 valence electrons. The molecule has 0 heterocycles. The van der Waals surface area contributed by atoms with Crippen LogP contribution in [-0.2, 0) is 4.79 Å². The molecular formula is C17H22N2O. The number of hydrogen-bond acceptors (Lipinski definition) is 2. The fourth-order valence-electron chi connectivity index (χ4n) is 2.41. The van der Waals surface area contributed by atoms with E-state index in [1.165, 1.54) is 25.7 Å². The van der Waals surface area contributed by atoms with Gasteiger partial charge in [0, 0.05) is 24.9 Å². The van der Waals surface area contributed by atoms with E-state index in [1.807, 2.05) is 35.2 Å². The van der Waals surface area contributed by atoms with Crippen molar-refractivity contribution in [2.75, 3.05) is 18.8 Å². The number of nitrogen functional groups attached to an aromatic ring is 1. The fraction of sp³-hybridized carbons (Fsp3) is 0.471. The summed E-state index contributed by atoms with van der Waals surface area (Å²) in [6, 6.07) is 7.61. The molecule has 0 radical (unpaired) electrons. The topological polar surface area (TPSA) is 46.3 Å². The summed E-state index contributed by atoms with van der Waals surface area (Å²) in [4.78, 5) is 14.4. The fourth-order valence-corrected chi connectivity index (χ4v) is 2.41. The van der Waals surface area contributed by atoms with Gasteiger partial charge < -0.3 is 10.6 Å². The molecule has 0 unspecified atom stereocenters. The van der Waals surface area contributed by atoms with Gasteiger partial charge in [-0.15, -0.1) is 0 Å². The Morgan fingerprint density at radius 3 is 2.40 bits per heavy atom. The lowest BCUT2D eigenvalue weighted by Crippen LogP contribution is -2.33. The minimum Gasteiger partial charge on any atom is -0.399 e. The summed E-state index contributed by atoms with van der Waals surface area (Å²) in [6.07, 6.45) is 8.70. The molecule has 3 rings (SSSR count). The van der Waals surface area contributed by atoms with E-state index in [1.54, 1.807) is 6.08 Å². The van der Waals surface area contributed by atoms with E-state index in [0.29, 0.717) is 0 Å². The van der Waals surface area contributed by atoms with Crippen LogP contribution in [0.2, 0.25) is 0 Å². The number of hydrogen-bond donors (Lipinski definition) is 1. The predicted octanol–water partition coefficient (Wildman–Crippen LogP) is 2.93. The maximum Gasteiger partial charge on any atom is 0.246 e. The summed E-state index contributed by atoms with van der Waals surface area (Å²) in [5.74, 6) is 1.64. The van der Waals surface area contributed by atoms with Crippen LogP contribution in [0.4, 0.5) is 5.69 Å². The molecule has 0 aromatic heterocycles. The Hall–Kier alpha value is -1.77. The normalized spacial score (nSPS) is 18.4. The van der Waals surface area contributed by atoms with Gasteiger partial charge in [-0.1, -0.05) is 12.1 Å². The minimum absolute atomic E-state index is 0.145. The number of amides is 1. The van der Waals surface area contributed by atoms with Crippen LogP contribution in [0.3, 0.4) is 0 Å². The zero-order chi connectivity index (χ0) is 13.9. The van der Waals surface area contributed by atoms with Crippen molar-refractivity contribution in [3.05, 3.63) is 35.9 Å². The Balaban J connectivity index is 1.62. The van der Waals surface area contributed by atoms with Crippen molar-refractivity contribution in [1.29, 1.82) is 0 Å². The van der Waals surface area contributed by atoms with Crippen molar-refractivity contribution in [3.63, 3.8) is 0 Å². The third-order valence-electron chi connectivity index (χ3n) is 3.99.